The summed E-state index contributed by atoms with van der Waals surface area (Å²) in [5.74, 6) is -0.207. The molecule has 14 heavy (non-hydrogen) atoms. The van der Waals surface area contributed by atoms with Crippen LogP contribution >= 0.6 is 11.6 Å². The van der Waals surface area contributed by atoms with Crippen molar-refractivity contribution < 1.29 is 4.79 Å². The second kappa shape index (κ2) is 4.29. The maximum atomic E-state index is 11.3. The van der Waals surface area contributed by atoms with Crippen LogP contribution in [-0.2, 0) is 4.79 Å². The van der Waals surface area contributed by atoms with E-state index in [1.807, 2.05) is 19.1 Å². The zero-order chi connectivity index (χ0) is 10.7. The number of aryl methyl sites for hydroxylation is 1. The number of para-hydroxylation sites is 1. The van der Waals surface area contributed by atoms with Gasteiger partial charge in [0.05, 0.1) is 10.7 Å². The van der Waals surface area contributed by atoms with E-state index < -0.39 is 0 Å². The smallest absolute Gasteiger partial charge is 0.250 e. The molecule has 0 radical (unpaired) electrons. The molecular weight excluding hydrogens is 198 g/mol. The van der Waals surface area contributed by atoms with E-state index in [9.17, 15) is 4.79 Å². The van der Waals surface area contributed by atoms with E-state index in [-0.39, 0.29) is 5.91 Å². The van der Waals surface area contributed by atoms with Gasteiger partial charge in [-0.15, -0.1) is 0 Å². The van der Waals surface area contributed by atoms with Crippen molar-refractivity contribution in [1.29, 1.82) is 0 Å². The summed E-state index contributed by atoms with van der Waals surface area (Å²) in [4.78, 5) is 11.3. The molecule has 0 aliphatic rings. The van der Waals surface area contributed by atoms with Gasteiger partial charge in [-0.1, -0.05) is 30.3 Å². The third-order valence-electron chi connectivity index (χ3n) is 1.85. The van der Waals surface area contributed by atoms with Crippen LogP contribution < -0.4 is 5.32 Å². The fourth-order valence-corrected chi connectivity index (χ4v) is 1.28. The number of carbonyl (C=O) groups is 1. The van der Waals surface area contributed by atoms with Crippen molar-refractivity contribution in [2.24, 2.45) is 0 Å². The predicted molar refractivity (Wildman–Crippen MR) is 59.6 cm³/mol. The van der Waals surface area contributed by atoms with Crippen LogP contribution in [0.2, 0.25) is 5.02 Å². The molecule has 3 heteroatoms. The molecule has 1 rings (SSSR count). The lowest BCUT2D eigenvalue weighted by Crippen LogP contribution is -2.13. The Morgan fingerprint density at radius 2 is 2.14 bits per heavy atom. The fourth-order valence-electron chi connectivity index (χ4n) is 1.01. The van der Waals surface area contributed by atoms with Crippen molar-refractivity contribution >= 4 is 23.2 Å². The van der Waals surface area contributed by atoms with Crippen molar-refractivity contribution in [3.05, 3.63) is 40.9 Å². The molecule has 1 N–H and O–H groups in total. The summed E-state index contributed by atoms with van der Waals surface area (Å²) in [6, 6.07) is 5.47. The minimum atomic E-state index is -0.207. The predicted octanol–water partition coefficient (Wildman–Crippen LogP) is 3.16. The van der Waals surface area contributed by atoms with Crippen LogP contribution in [0.1, 0.15) is 12.5 Å². The zero-order valence-electron chi connectivity index (χ0n) is 8.23. The van der Waals surface area contributed by atoms with Gasteiger partial charge in [-0.2, -0.15) is 0 Å². The van der Waals surface area contributed by atoms with Crippen LogP contribution in [-0.4, -0.2) is 5.91 Å². The van der Waals surface area contributed by atoms with Crippen LogP contribution in [0.15, 0.2) is 30.4 Å². The molecule has 1 aromatic carbocycles. The fraction of sp³-hybridized carbons (Fsp3) is 0.182. The average Bonchev–Trinajstić information content (AvgIpc) is 2.11. The van der Waals surface area contributed by atoms with Crippen LogP contribution in [0.5, 0.6) is 0 Å². The van der Waals surface area contributed by atoms with Crippen molar-refractivity contribution in [2.45, 2.75) is 13.8 Å². The van der Waals surface area contributed by atoms with E-state index in [1.54, 1.807) is 13.0 Å². The molecular formula is C11H12ClNO. The third-order valence-corrected chi connectivity index (χ3v) is 2.16. The SMILES string of the molecule is C=C(C)C(=O)Nc1c(C)cccc1Cl. The molecule has 0 fully saturated rings. The first-order valence-corrected chi connectivity index (χ1v) is 4.62. The normalized spacial score (nSPS) is 9.64. The van der Waals surface area contributed by atoms with Gasteiger partial charge in [-0.3, -0.25) is 4.79 Å². The molecule has 0 saturated heterocycles. The number of rotatable bonds is 2. The Bertz CT molecular complexity index is 365. The van der Waals surface area contributed by atoms with Gasteiger partial charge in [0.1, 0.15) is 0 Å². The standard InChI is InChI=1S/C11H12ClNO/c1-7(2)11(14)13-10-8(3)5-4-6-9(10)12/h4-6H,1H2,2-3H3,(H,13,14). The molecule has 0 heterocycles. The first-order valence-electron chi connectivity index (χ1n) is 4.24. The number of halogens is 1. The molecule has 1 aromatic rings. The molecule has 0 spiro atoms. The molecule has 0 aliphatic carbocycles. The van der Waals surface area contributed by atoms with Crippen molar-refractivity contribution in [1.82, 2.24) is 0 Å². The van der Waals surface area contributed by atoms with Crippen LogP contribution in [0.3, 0.4) is 0 Å². The Labute approximate surface area is 88.6 Å². The van der Waals surface area contributed by atoms with Crippen LogP contribution in [0, 0.1) is 6.92 Å². The monoisotopic (exact) mass is 209 g/mol. The molecule has 0 unspecified atom stereocenters. The first-order chi connectivity index (χ1) is 6.52. The summed E-state index contributed by atoms with van der Waals surface area (Å²) < 4.78 is 0. The minimum Gasteiger partial charge on any atom is -0.321 e. The van der Waals surface area contributed by atoms with Crippen molar-refractivity contribution in [3.63, 3.8) is 0 Å². The van der Waals surface area contributed by atoms with E-state index >= 15 is 0 Å². The molecule has 0 bridgehead atoms. The van der Waals surface area contributed by atoms with E-state index in [2.05, 4.69) is 11.9 Å². The Hall–Kier alpha value is -1.28. The Balaban J connectivity index is 2.97. The van der Waals surface area contributed by atoms with Crippen molar-refractivity contribution in [2.75, 3.05) is 5.32 Å². The Morgan fingerprint density at radius 1 is 1.50 bits per heavy atom. The maximum Gasteiger partial charge on any atom is 0.250 e. The third kappa shape index (κ3) is 2.36. The van der Waals surface area contributed by atoms with E-state index in [1.165, 1.54) is 0 Å². The summed E-state index contributed by atoms with van der Waals surface area (Å²) in [5, 5.41) is 3.25. The number of nitrogens with one attached hydrogen (secondary N) is 1. The van der Waals surface area contributed by atoms with Gasteiger partial charge < -0.3 is 5.32 Å². The summed E-state index contributed by atoms with van der Waals surface area (Å²) in [6.07, 6.45) is 0. The van der Waals surface area contributed by atoms with Crippen LogP contribution in [0.25, 0.3) is 0 Å². The number of hydrogen-bond donors (Lipinski definition) is 1. The summed E-state index contributed by atoms with van der Waals surface area (Å²) in [7, 11) is 0. The van der Waals surface area contributed by atoms with Crippen LogP contribution in [0.4, 0.5) is 5.69 Å². The highest BCUT2D eigenvalue weighted by Crippen LogP contribution is 2.25. The first kappa shape index (κ1) is 10.8. The molecule has 0 saturated carbocycles. The lowest BCUT2D eigenvalue weighted by atomic mass is 10.2. The summed E-state index contributed by atoms with van der Waals surface area (Å²) in [6.45, 7) is 7.10. The van der Waals surface area contributed by atoms with Gasteiger partial charge in [-0.25, -0.2) is 0 Å². The topological polar surface area (TPSA) is 29.1 Å². The zero-order valence-corrected chi connectivity index (χ0v) is 8.98. The number of carbonyl (C=O) groups excluding carboxylic acids is 1. The molecule has 2 nitrogen and oxygen atoms in total. The maximum absolute atomic E-state index is 11.3. The van der Waals surface area contributed by atoms with Gasteiger partial charge >= 0.3 is 0 Å². The second-order valence-electron chi connectivity index (χ2n) is 3.17. The number of amides is 1. The van der Waals surface area contributed by atoms with Gasteiger partial charge in [0.25, 0.3) is 5.91 Å². The second-order valence-corrected chi connectivity index (χ2v) is 3.57. The lowest BCUT2D eigenvalue weighted by molar-refractivity contribution is -0.112. The van der Waals surface area contributed by atoms with Gasteiger partial charge in [0.2, 0.25) is 0 Å². The average molecular weight is 210 g/mol. The van der Waals surface area contributed by atoms with E-state index in [0.717, 1.165) is 5.56 Å². The summed E-state index contributed by atoms with van der Waals surface area (Å²) in [5.41, 5.74) is 2.05. The Morgan fingerprint density at radius 3 is 2.64 bits per heavy atom. The number of anilines is 1. The highest BCUT2D eigenvalue weighted by molar-refractivity contribution is 6.34. The lowest BCUT2D eigenvalue weighted by Gasteiger charge is -2.09. The molecule has 74 valence electrons. The summed E-state index contributed by atoms with van der Waals surface area (Å²) >= 11 is 5.93. The largest absolute Gasteiger partial charge is 0.321 e. The highest BCUT2D eigenvalue weighted by atomic mass is 35.5. The quantitative estimate of drug-likeness (QED) is 0.745. The molecule has 0 aliphatic heterocycles. The van der Waals surface area contributed by atoms with E-state index in [0.29, 0.717) is 16.3 Å². The number of benzene rings is 1. The minimum absolute atomic E-state index is 0.207. The number of hydrogen-bond acceptors (Lipinski definition) is 1. The van der Waals surface area contributed by atoms with Crippen molar-refractivity contribution in [3.8, 4) is 0 Å². The van der Waals surface area contributed by atoms with E-state index in [4.69, 9.17) is 11.6 Å². The van der Waals surface area contributed by atoms with Gasteiger partial charge in [-0.05, 0) is 25.5 Å². The van der Waals surface area contributed by atoms with Gasteiger partial charge in [0.15, 0.2) is 0 Å². The van der Waals surface area contributed by atoms with Gasteiger partial charge in [0, 0.05) is 5.57 Å². The highest BCUT2D eigenvalue weighted by Gasteiger charge is 2.07. The Kier molecular flexibility index (Phi) is 3.31. The molecule has 0 atom stereocenters. The molecule has 1 amide bonds. The molecule has 0 aromatic heterocycles.